The zero-order chi connectivity index (χ0) is 14.0. The van der Waals surface area contributed by atoms with E-state index >= 15 is 0 Å². The Morgan fingerprint density at radius 3 is 2.60 bits per heavy atom. The minimum absolute atomic E-state index is 0. The van der Waals surface area contributed by atoms with E-state index in [4.69, 9.17) is 0 Å². The smallest absolute Gasteiger partial charge is 0.336 e. The number of hydrogen-bond acceptors (Lipinski definition) is 2. The first-order valence-corrected chi connectivity index (χ1v) is 6.08. The average Bonchev–Trinajstić information content (AvgIpc) is 2.37. The predicted molar refractivity (Wildman–Crippen MR) is 72.1 cm³/mol. The molecule has 0 spiro atoms. The number of alkyl halides is 3. The minimum Gasteiger partial charge on any atom is -0.336 e. The van der Waals surface area contributed by atoms with Crippen LogP contribution in [0.4, 0.5) is 13.2 Å². The number of benzene rings is 1. The van der Waals surface area contributed by atoms with Crippen LogP contribution in [0.25, 0.3) is 0 Å². The van der Waals surface area contributed by atoms with Gasteiger partial charge in [-0.3, -0.25) is 4.79 Å². The molecule has 0 radical (unpaired) electrons. The molecule has 1 unspecified atom stereocenters. The Morgan fingerprint density at radius 1 is 1.35 bits per heavy atom. The Hall–Kier alpha value is -1.27. The fraction of sp³-hybridized carbons (Fsp3) is 0.462. The zero-order valence-electron chi connectivity index (χ0n) is 10.9. The van der Waals surface area contributed by atoms with Gasteiger partial charge in [-0.2, -0.15) is 13.2 Å². The van der Waals surface area contributed by atoms with E-state index in [-0.39, 0.29) is 24.0 Å². The summed E-state index contributed by atoms with van der Waals surface area (Å²) in [5.41, 5.74) is -1.14. The molecule has 1 aliphatic rings. The quantitative estimate of drug-likeness (QED) is 0.865. The summed E-state index contributed by atoms with van der Waals surface area (Å²) >= 11 is 0. The Labute approximate surface area is 121 Å². The maximum absolute atomic E-state index is 12.9. The zero-order valence-corrected chi connectivity index (χ0v) is 11.7. The summed E-state index contributed by atoms with van der Waals surface area (Å²) in [7, 11) is 0. The lowest BCUT2D eigenvalue weighted by Crippen LogP contribution is -2.51. The molecule has 112 valence electrons. The monoisotopic (exact) mass is 308 g/mol. The van der Waals surface area contributed by atoms with Crippen LogP contribution in [-0.2, 0) is 6.18 Å². The van der Waals surface area contributed by atoms with E-state index in [1.165, 1.54) is 23.1 Å². The van der Waals surface area contributed by atoms with Crippen LogP contribution in [0.5, 0.6) is 0 Å². The Morgan fingerprint density at radius 2 is 2.00 bits per heavy atom. The van der Waals surface area contributed by atoms with Crippen LogP contribution in [0.1, 0.15) is 22.8 Å². The van der Waals surface area contributed by atoms with Gasteiger partial charge in [0.2, 0.25) is 0 Å². The average molecular weight is 309 g/mol. The normalized spacial score (nSPS) is 19.4. The molecule has 2 rings (SSSR count). The minimum atomic E-state index is -4.51. The van der Waals surface area contributed by atoms with Crippen LogP contribution >= 0.6 is 12.4 Å². The van der Waals surface area contributed by atoms with E-state index in [2.05, 4.69) is 5.32 Å². The number of nitrogens with one attached hydrogen (secondary N) is 1. The Bertz CT molecular complexity index is 479. The van der Waals surface area contributed by atoms with E-state index in [1.54, 1.807) is 0 Å². The Balaban J connectivity index is 0.00000200. The van der Waals surface area contributed by atoms with Crippen LogP contribution in [0.15, 0.2) is 24.3 Å². The molecule has 1 atom stereocenters. The number of amides is 1. The molecule has 1 aromatic carbocycles. The first kappa shape index (κ1) is 16.8. The lowest BCUT2D eigenvalue weighted by Gasteiger charge is -2.32. The lowest BCUT2D eigenvalue weighted by molar-refractivity contribution is -0.138. The van der Waals surface area contributed by atoms with Crippen LogP contribution in [0.3, 0.4) is 0 Å². The van der Waals surface area contributed by atoms with Gasteiger partial charge >= 0.3 is 6.18 Å². The van der Waals surface area contributed by atoms with Crippen molar-refractivity contribution < 1.29 is 18.0 Å². The van der Waals surface area contributed by atoms with Crippen LogP contribution in [-0.4, -0.2) is 36.5 Å². The van der Waals surface area contributed by atoms with E-state index < -0.39 is 17.6 Å². The number of carbonyl (C=O) groups excluding carboxylic acids is 1. The molecule has 20 heavy (non-hydrogen) atoms. The van der Waals surface area contributed by atoms with Crippen molar-refractivity contribution in [2.75, 3.05) is 19.6 Å². The summed E-state index contributed by atoms with van der Waals surface area (Å²) in [5, 5.41) is 3.15. The summed E-state index contributed by atoms with van der Waals surface area (Å²) in [6, 6.07) is 5.01. The van der Waals surface area contributed by atoms with E-state index in [0.717, 1.165) is 6.07 Å². The van der Waals surface area contributed by atoms with E-state index in [9.17, 15) is 18.0 Å². The Kier molecular flexibility index (Phi) is 5.42. The standard InChI is InChI=1S/C13H15F3N2O.ClH/c1-9-8-18(7-6-17-9)12(19)10-4-2-3-5-11(10)13(14,15)16;/h2-5,9,17H,6-8H2,1H3;1H. The molecule has 1 amide bonds. The molecule has 0 saturated carbocycles. The van der Waals surface area contributed by atoms with Crippen molar-refractivity contribution in [3.63, 3.8) is 0 Å². The summed E-state index contributed by atoms with van der Waals surface area (Å²) in [6.45, 7) is 3.34. The molecule has 1 fully saturated rings. The maximum Gasteiger partial charge on any atom is 0.417 e. The van der Waals surface area contributed by atoms with Gasteiger partial charge in [0.05, 0.1) is 11.1 Å². The predicted octanol–water partition coefficient (Wildman–Crippen LogP) is 2.56. The van der Waals surface area contributed by atoms with Gasteiger partial charge in [0.15, 0.2) is 0 Å². The van der Waals surface area contributed by atoms with Gasteiger partial charge in [-0.25, -0.2) is 0 Å². The molecule has 1 aromatic rings. The van der Waals surface area contributed by atoms with Gasteiger partial charge in [0, 0.05) is 25.7 Å². The molecule has 1 N–H and O–H groups in total. The molecule has 0 bridgehead atoms. The highest BCUT2D eigenvalue weighted by Crippen LogP contribution is 2.32. The summed E-state index contributed by atoms with van der Waals surface area (Å²) < 4.78 is 38.6. The number of hydrogen-bond donors (Lipinski definition) is 1. The third-order valence-electron chi connectivity index (χ3n) is 3.12. The van der Waals surface area contributed by atoms with Gasteiger partial charge in [0.25, 0.3) is 5.91 Å². The fourth-order valence-corrected chi connectivity index (χ4v) is 2.20. The van der Waals surface area contributed by atoms with Crippen LogP contribution < -0.4 is 5.32 Å². The van der Waals surface area contributed by atoms with Gasteiger partial charge < -0.3 is 10.2 Å². The van der Waals surface area contributed by atoms with E-state index in [0.29, 0.717) is 19.6 Å². The van der Waals surface area contributed by atoms with Crippen LogP contribution in [0.2, 0.25) is 0 Å². The number of carbonyl (C=O) groups is 1. The molecular formula is C13H16ClF3N2O. The third-order valence-corrected chi connectivity index (χ3v) is 3.12. The fourth-order valence-electron chi connectivity index (χ4n) is 2.20. The molecule has 0 aliphatic carbocycles. The lowest BCUT2D eigenvalue weighted by atomic mass is 10.0. The van der Waals surface area contributed by atoms with Gasteiger partial charge in [-0.1, -0.05) is 12.1 Å². The van der Waals surface area contributed by atoms with Crippen molar-refractivity contribution in [1.29, 1.82) is 0 Å². The van der Waals surface area contributed by atoms with Crippen molar-refractivity contribution in [2.45, 2.75) is 19.1 Å². The van der Waals surface area contributed by atoms with Crippen molar-refractivity contribution in [1.82, 2.24) is 10.2 Å². The second-order valence-corrected chi connectivity index (χ2v) is 4.65. The van der Waals surface area contributed by atoms with Gasteiger partial charge in [-0.05, 0) is 19.1 Å². The first-order valence-electron chi connectivity index (χ1n) is 6.08. The third kappa shape index (κ3) is 3.64. The maximum atomic E-state index is 12.9. The largest absolute Gasteiger partial charge is 0.417 e. The first-order chi connectivity index (χ1) is 8.89. The topological polar surface area (TPSA) is 32.3 Å². The number of halogens is 4. The van der Waals surface area contributed by atoms with Crippen molar-refractivity contribution >= 4 is 18.3 Å². The molecule has 0 aromatic heterocycles. The molecule has 1 heterocycles. The second-order valence-electron chi connectivity index (χ2n) is 4.65. The van der Waals surface area contributed by atoms with Gasteiger partial charge in [0.1, 0.15) is 0 Å². The highest BCUT2D eigenvalue weighted by Gasteiger charge is 2.36. The summed E-state index contributed by atoms with van der Waals surface area (Å²) in [5.74, 6) is -0.554. The van der Waals surface area contributed by atoms with Crippen molar-refractivity contribution in [3.05, 3.63) is 35.4 Å². The van der Waals surface area contributed by atoms with Crippen LogP contribution in [0, 0.1) is 0 Å². The summed E-state index contributed by atoms with van der Waals surface area (Å²) in [4.78, 5) is 13.7. The molecule has 7 heteroatoms. The number of piperazine rings is 1. The summed E-state index contributed by atoms with van der Waals surface area (Å²) in [6.07, 6.45) is -4.51. The van der Waals surface area contributed by atoms with Crippen molar-refractivity contribution in [2.24, 2.45) is 0 Å². The molecular weight excluding hydrogens is 293 g/mol. The second kappa shape index (κ2) is 6.45. The highest BCUT2D eigenvalue weighted by atomic mass is 35.5. The van der Waals surface area contributed by atoms with Gasteiger partial charge in [-0.15, -0.1) is 12.4 Å². The number of rotatable bonds is 1. The SMILES string of the molecule is CC1CN(C(=O)c2ccccc2C(F)(F)F)CCN1.Cl. The number of nitrogens with zero attached hydrogens (tertiary/aromatic N) is 1. The van der Waals surface area contributed by atoms with E-state index in [1.807, 2.05) is 6.92 Å². The molecule has 1 aliphatic heterocycles. The molecule has 1 saturated heterocycles. The highest BCUT2D eigenvalue weighted by molar-refractivity contribution is 5.96. The van der Waals surface area contributed by atoms with Crippen molar-refractivity contribution in [3.8, 4) is 0 Å². The molecule has 3 nitrogen and oxygen atoms in total.